The van der Waals surface area contributed by atoms with Crippen LogP contribution in [0, 0.1) is 5.41 Å². The zero-order valence-electron chi connectivity index (χ0n) is 10.1. The molecular formula is C12H20ClN3. The number of aromatic nitrogens is 1. The van der Waals surface area contributed by atoms with Gasteiger partial charge in [-0.15, -0.1) is 0 Å². The molecule has 0 amide bonds. The number of pyridine rings is 1. The van der Waals surface area contributed by atoms with Gasteiger partial charge in [0.2, 0.25) is 0 Å². The van der Waals surface area contributed by atoms with Crippen LogP contribution in [0.15, 0.2) is 18.3 Å². The summed E-state index contributed by atoms with van der Waals surface area (Å²) in [5, 5.41) is 3.84. The molecule has 1 aromatic heterocycles. The van der Waals surface area contributed by atoms with Crippen LogP contribution in [0.3, 0.4) is 0 Å². The first-order valence-corrected chi connectivity index (χ1v) is 5.86. The maximum atomic E-state index is 6.02. The predicted molar refractivity (Wildman–Crippen MR) is 69.8 cm³/mol. The molecule has 0 aliphatic carbocycles. The third-order valence-corrected chi connectivity index (χ3v) is 2.37. The highest BCUT2D eigenvalue weighted by Gasteiger charge is 2.15. The van der Waals surface area contributed by atoms with Crippen LogP contribution in [-0.2, 0) is 0 Å². The lowest BCUT2D eigenvalue weighted by Crippen LogP contribution is -2.33. The highest BCUT2D eigenvalue weighted by atomic mass is 35.5. The van der Waals surface area contributed by atoms with Crippen LogP contribution >= 0.6 is 11.6 Å². The Hall–Kier alpha value is -0.800. The van der Waals surface area contributed by atoms with E-state index in [4.69, 9.17) is 17.3 Å². The summed E-state index contributed by atoms with van der Waals surface area (Å²) in [6, 6.07) is 3.80. The molecule has 0 bridgehead atoms. The van der Waals surface area contributed by atoms with Crippen LogP contribution in [-0.4, -0.2) is 17.6 Å². The Morgan fingerprint density at radius 1 is 1.44 bits per heavy atom. The third-order valence-electron chi connectivity index (χ3n) is 2.15. The maximum Gasteiger partial charge on any atom is 0.126 e. The topological polar surface area (TPSA) is 50.9 Å². The lowest BCUT2D eigenvalue weighted by Gasteiger charge is -2.23. The standard InChI is InChI=1S/C12H20ClN3/c1-12(2,3)6-10(14)8-16-11-5-4-9(13)7-15-11/h4-5,7,10H,6,8,14H2,1-3H3,(H,15,16). The number of nitrogens with zero attached hydrogens (tertiary/aromatic N) is 1. The van der Waals surface area contributed by atoms with E-state index in [-0.39, 0.29) is 11.5 Å². The van der Waals surface area contributed by atoms with E-state index >= 15 is 0 Å². The first kappa shape index (κ1) is 13.3. The van der Waals surface area contributed by atoms with Crippen molar-refractivity contribution < 1.29 is 0 Å². The van der Waals surface area contributed by atoms with E-state index in [9.17, 15) is 0 Å². The van der Waals surface area contributed by atoms with Gasteiger partial charge in [-0.2, -0.15) is 0 Å². The minimum Gasteiger partial charge on any atom is -0.369 e. The third kappa shape index (κ3) is 5.33. The summed E-state index contributed by atoms with van der Waals surface area (Å²) in [6.45, 7) is 7.29. The van der Waals surface area contributed by atoms with Gasteiger partial charge < -0.3 is 11.1 Å². The molecule has 0 spiro atoms. The molecule has 90 valence electrons. The van der Waals surface area contributed by atoms with E-state index in [1.54, 1.807) is 6.20 Å². The molecule has 3 nitrogen and oxygen atoms in total. The van der Waals surface area contributed by atoms with Gasteiger partial charge in [-0.3, -0.25) is 0 Å². The molecule has 16 heavy (non-hydrogen) atoms. The van der Waals surface area contributed by atoms with Crippen molar-refractivity contribution in [2.45, 2.75) is 33.2 Å². The smallest absolute Gasteiger partial charge is 0.126 e. The first-order valence-electron chi connectivity index (χ1n) is 5.48. The molecule has 1 rings (SSSR count). The zero-order valence-corrected chi connectivity index (χ0v) is 10.9. The predicted octanol–water partition coefficient (Wildman–Crippen LogP) is 2.91. The second-order valence-corrected chi connectivity index (χ2v) is 5.70. The van der Waals surface area contributed by atoms with Gasteiger partial charge in [0, 0.05) is 18.8 Å². The van der Waals surface area contributed by atoms with E-state index in [0.29, 0.717) is 5.02 Å². The number of hydrogen-bond acceptors (Lipinski definition) is 3. The van der Waals surface area contributed by atoms with Crippen LogP contribution < -0.4 is 11.1 Å². The van der Waals surface area contributed by atoms with Gasteiger partial charge in [0.15, 0.2) is 0 Å². The molecule has 3 N–H and O–H groups in total. The molecule has 1 aromatic rings. The van der Waals surface area contributed by atoms with Gasteiger partial charge in [0.1, 0.15) is 5.82 Å². The molecule has 0 fully saturated rings. The Labute approximate surface area is 102 Å². The van der Waals surface area contributed by atoms with E-state index in [0.717, 1.165) is 18.8 Å². The summed E-state index contributed by atoms with van der Waals surface area (Å²) in [6.07, 6.45) is 2.60. The second kappa shape index (κ2) is 5.51. The summed E-state index contributed by atoms with van der Waals surface area (Å²) in [7, 11) is 0. The molecule has 1 heterocycles. The van der Waals surface area contributed by atoms with Crippen LogP contribution in [0.1, 0.15) is 27.2 Å². The fraction of sp³-hybridized carbons (Fsp3) is 0.583. The average molecular weight is 242 g/mol. The van der Waals surface area contributed by atoms with E-state index in [1.165, 1.54) is 0 Å². The van der Waals surface area contributed by atoms with Gasteiger partial charge in [0.25, 0.3) is 0 Å². The summed E-state index contributed by atoms with van der Waals surface area (Å²) in [4.78, 5) is 4.15. The molecule has 1 atom stereocenters. The summed E-state index contributed by atoms with van der Waals surface area (Å²) in [5.41, 5.74) is 6.28. The van der Waals surface area contributed by atoms with Crippen molar-refractivity contribution in [1.29, 1.82) is 0 Å². The number of hydrogen-bond donors (Lipinski definition) is 2. The Bertz CT molecular complexity index is 316. The molecule has 0 aromatic carbocycles. The maximum absolute atomic E-state index is 6.02. The fourth-order valence-electron chi connectivity index (χ4n) is 1.57. The minimum atomic E-state index is 0.137. The normalized spacial score (nSPS) is 13.6. The molecule has 4 heteroatoms. The van der Waals surface area contributed by atoms with E-state index < -0.39 is 0 Å². The largest absolute Gasteiger partial charge is 0.369 e. The minimum absolute atomic E-state index is 0.137. The number of rotatable bonds is 4. The average Bonchev–Trinajstić information content (AvgIpc) is 2.14. The SMILES string of the molecule is CC(C)(C)CC(N)CNc1ccc(Cl)cn1. The quantitative estimate of drug-likeness (QED) is 0.852. The van der Waals surface area contributed by atoms with Crippen LogP contribution in [0.2, 0.25) is 5.02 Å². The van der Waals surface area contributed by atoms with Gasteiger partial charge in [-0.25, -0.2) is 4.98 Å². The Morgan fingerprint density at radius 2 is 2.12 bits per heavy atom. The molecule has 1 unspecified atom stereocenters. The number of halogens is 1. The van der Waals surface area contributed by atoms with Crippen molar-refractivity contribution >= 4 is 17.4 Å². The van der Waals surface area contributed by atoms with Gasteiger partial charge in [0.05, 0.1) is 5.02 Å². The van der Waals surface area contributed by atoms with Crippen molar-refractivity contribution in [3.8, 4) is 0 Å². The van der Waals surface area contributed by atoms with E-state index in [1.807, 2.05) is 12.1 Å². The van der Waals surface area contributed by atoms with E-state index in [2.05, 4.69) is 31.1 Å². The number of anilines is 1. The lowest BCUT2D eigenvalue weighted by molar-refractivity contribution is 0.344. The molecule has 0 radical (unpaired) electrons. The van der Waals surface area contributed by atoms with Crippen molar-refractivity contribution in [1.82, 2.24) is 4.98 Å². The zero-order chi connectivity index (χ0) is 12.2. The lowest BCUT2D eigenvalue weighted by atomic mass is 9.88. The van der Waals surface area contributed by atoms with Crippen molar-refractivity contribution in [3.05, 3.63) is 23.4 Å². The van der Waals surface area contributed by atoms with Crippen molar-refractivity contribution in [3.63, 3.8) is 0 Å². The molecule has 0 saturated carbocycles. The number of nitrogens with two attached hydrogens (primary N) is 1. The van der Waals surface area contributed by atoms with Gasteiger partial charge in [-0.1, -0.05) is 32.4 Å². The highest BCUT2D eigenvalue weighted by Crippen LogP contribution is 2.20. The highest BCUT2D eigenvalue weighted by molar-refractivity contribution is 6.30. The molecular weight excluding hydrogens is 222 g/mol. The monoisotopic (exact) mass is 241 g/mol. The number of nitrogens with one attached hydrogen (secondary N) is 1. The van der Waals surface area contributed by atoms with Crippen LogP contribution in [0.4, 0.5) is 5.82 Å². The van der Waals surface area contributed by atoms with Crippen LogP contribution in [0.25, 0.3) is 0 Å². The van der Waals surface area contributed by atoms with Crippen molar-refractivity contribution in [2.24, 2.45) is 11.1 Å². The molecule has 0 aliphatic rings. The van der Waals surface area contributed by atoms with Gasteiger partial charge in [-0.05, 0) is 24.0 Å². The van der Waals surface area contributed by atoms with Crippen LogP contribution in [0.5, 0.6) is 0 Å². The summed E-state index contributed by atoms with van der Waals surface area (Å²) >= 11 is 5.75. The van der Waals surface area contributed by atoms with Gasteiger partial charge >= 0.3 is 0 Å². The van der Waals surface area contributed by atoms with Crippen molar-refractivity contribution in [2.75, 3.05) is 11.9 Å². The summed E-state index contributed by atoms with van der Waals surface area (Å²) in [5.74, 6) is 0.814. The molecule has 0 aliphatic heterocycles. The first-order chi connectivity index (χ1) is 7.37. The summed E-state index contributed by atoms with van der Waals surface area (Å²) < 4.78 is 0. The molecule has 0 saturated heterocycles. The second-order valence-electron chi connectivity index (χ2n) is 5.27. The fourth-order valence-corrected chi connectivity index (χ4v) is 1.69. The Kier molecular flexibility index (Phi) is 4.56. The Balaban J connectivity index is 2.37. The Morgan fingerprint density at radius 3 is 2.62 bits per heavy atom.